The van der Waals surface area contributed by atoms with Crippen LogP contribution in [0.3, 0.4) is 0 Å². The highest BCUT2D eigenvalue weighted by atomic mass is 35.5. The van der Waals surface area contributed by atoms with E-state index in [0.29, 0.717) is 33.9 Å². The molecule has 0 unspecified atom stereocenters. The molecule has 0 spiro atoms. The van der Waals surface area contributed by atoms with Crippen LogP contribution in [0.5, 0.6) is 0 Å². The van der Waals surface area contributed by atoms with Gasteiger partial charge in [0.15, 0.2) is 5.70 Å². The number of esters is 1. The Morgan fingerprint density at radius 1 is 1.04 bits per heavy atom. The lowest BCUT2D eigenvalue weighted by Gasteiger charge is -2.47. The Bertz CT molecular complexity index is 661. The second-order valence-corrected chi connectivity index (χ2v) is 13.6. The minimum Gasteiger partial charge on any atom is -0.543 e. The lowest BCUT2D eigenvalue weighted by molar-refractivity contribution is -0.136. The maximum Gasteiger partial charge on any atom is 0.358 e. The Hall–Kier alpha value is -1.46. The van der Waals surface area contributed by atoms with Gasteiger partial charge in [0, 0.05) is 10.7 Å². The predicted molar refractivity (Wildman–Crippen MR) is 110 cm³/mol. The van der Waals surface area contributed by atoms with Gasteiger partial charge in [0.25, 0.3) is 8.32 Å². The smallest absolute Gasteiger partial charge is 0.358 e. The van der Waals surface area contributed by atoms with Crippen molar-refractivity contribution in [1.82, 2.24) is 0 Å². The van der Waals surface area contributed by atoms with Crippen LogP contribution in [0.25, 0.3) is 0 Å². The molecule has 0 aromatic heterocycles. The van der Waals surface area contributed by atoms with Gasteiger partial charge in [-0.25, -0.2) is 4.79 Å². The number of ether oxygens (including phenoxy) is 1. The summed E-state index contributed by atoms with van der Waals surface area (Å²) in [5.41, 5.74) is 2.75. The van der Waals surface area contributed by atoms with E-state index in [4.69, 9.17) is 20.8 Å². The van der Waals surface area contributed by atoms with Crippen molar-refractivity contribution >= 4 is 31.6 Å². The van der Waals surface area contributed by atoms with Crippen molar-refractivity contribution in [1.29, 1.82) is 0 Å². The zero-order valence-corrected chi connectivity index (χ0v) is 18.6. The van der Waals surface area contributed by atoms with Gasteiger partial charge in [0.1, 0.15) is 5.76 Å². The number of benzene rings is 1. The number of hydrogen-bond acceptors (Lipinski definition) is 4. The maximum atomic E-state index is 12.4. The maximum absolute atomic E-state index is 12.4. The fraction of sp³-hybridized carbons (Fsp3) is 0.550. The van der Waals surface area contributed by atoms with Crippen LogP contribution in [0.1, 0.15) is 41.5 Å². The van der Waals surface area contributed by atoms with E-state index in [0.717, 1.165) is 11.4 Å². The molecule has 0 radical (unpaired) electrons. The summed E-state index contributed by atoms with van der Waals surface area (Å²) in [6, 6.07) is 7.44. The number of carbonyl (C=O) groups is 1. The summed E-state index contributed by atoms with van der Waals surface area (Å²) in [5, 5.41) is 0.667. The van der Waals surface area contributed by atoms with Crippen molar-refractivity contribution in [3.05, 3.63) is 40.7 Å². The molecule has 0 amide bonds. The first-order chi connectivity index (χ1) is 12.1. The number of hydrogen-bond donors (Lipinski definition) is 0. The number of carbonyl (C=O) groups excluding carboxylic acids is 1. The van der Waals surface area contributed by atoms with Crippen molar-refractivity contribution in [2.75, 3.05) is 18.6 Å². The van der Waals surface area contributed by atoms with Crippen LogP contribution >= 0.6 is 11.6 Å². The molecule has 0 atom stereocenters. The van der Waals surface area contributed by atoms with E-state index in [9.17, 15) is 4.79 Å². The molecule has 1 aliphatic heterocycles. The van der Waals surface area contributed by atoms with Crippen LogP contribution in [0.15, 0.2) is 35.7 Å². The van der Waals surface area contributed by atoms with Gasteiger partial charge in [-0.15, -0.1) is 0 Å². The van der Waals surface area contributed by atoms with Crippen molar-refractivity contribution in [3.63, 3.8) is 0 Å². The Morgan fingerprint density at radius 3 is 1.96 bits per heavy atom. The average molecular weight is 396 g/mol. The van der Waals surface area contributed by atoms with Gasteiger partial charge in [-0.2, -0.15) is 0 Å². The summed E-state index contributed by atoms with van der Waals surface area (Å²) in [6.07, 6.45) is 0. The molecule has 0 bridgehead atoms. The van der Waals surface area contributed by atoms with Gasteiger partial charge >= 0.3 is 5.97 Å². The molecule has 0 saturated heterocycles. The standard InChI is InChI=1S/C20H30ClNO3Si/c1-13(2)26(14(3)4,15(5)6)25-18-12-22(19(18)20(23)24-7)17-10-8-16(21)9-11-17/h8-11,13-15H,12H2,1-7H3. The first-order valence-electron chi connectivity index (χ1n) is 9.18. The molecule has 26 heavy (non-hydrogen) atoms. The van der Waals surface area contributed by atoms with Gasteiger partial charge in [-0.05, 0) is 40.9 Å². The van der Waals surface area contributed by atoms with E-state index in [1.807, 2.05) is 29.2 Å². The van der Waals surface area contributed by atoms with Crippen molar-refractivity contribution in [3.8, 4) is 0 Å². The van der Waals surface area contributed by atoms with Crippen molar-refractivity contribution in [2.45, 2.75) is 58.2 Å². The third kappa shape index (κ3) is 3.65. The summed E-state index contributed by atoms with van der Waals surface area (Å²) in [5.74, 6) is 0.398. The van der Waals surface area contributed by atoms with Crippen molar-refractivity contribution < 1.29 is 14.0 Å². The third-order valence-electron chi connectivity index (χ3n) is 5.36. The van der Waals surface area contributed by atoms with Crippen LogP contribution in [0.2, 0.25) is 21.6 Å². The number of halogens is 1. The zero-order valence-electron chi connectivity index (χ0n) is 16.8. The van der Waals surface area contributed by atoms with Crippen LogP contribution in [-0.4, -0.2) is 27.9 Å². The predicted octanol–water partition coefficient (Wildman–Crippen LogP) is 5.74. The highest BCUT2D eigenvalue weighted by Gasteiger charge is 2.50. The summed E-state index contributed by atoms with van der Waals surface area (Å²) in [7, 11) is -0.708. The number of rotatable bonds is 7. The SMILES string of the molecule is COC(=O)C1=C(O[Si](C(C)C)(C(C)C)C(C)C)CN1c1ccc(Cl)cc1. The molecule has 2 rings (SSSR count). The molecule has 1 aromatic carbocycles. The zero-order chi connectivity index (χ0) is 19.6. The summed E-state index contributed by atoms with van der Waals surface area (Å²) < 4.78 is 11.7. The monoisotopic (exact) mass is 395 g/mol. The minimum atomic E-state index is -2.11. The summed E-state index contributed by atoms with van der Waals surface area (Å²) in [6.45, 7) is 14.0. The lowest BCUT2D eigenvalue weighted by atomic mass is 10.1. The molecule has 1 aliphatic rings. The molecule has 144 valence electrons. The van der Waals surface area contributed by atoms with E-state index in [2.05, 4.69) is 41.5 Å². The largest absolute Gasteiger partial charge is 0.543 e. The average Bonchev–Trinajstić information content (AvgIpc) is 2.54. The molecule has 0 aliphatic carbocycles. The van der Waals surface area contributed by atoms with Gasteiger partial charge in [0.2, 0.25) is 0 Å². The van der Waals surface area contributed by atoms with Crippen LogP contribution in [0.4, 0.5) is 5.69 Å². The van der Waals surface area contributed by atoms with Crippen LogP contribution in [-0.2, 0) is 14.0 Å². The number of methoxy groups -OCH3 is 1. The first-order valence-corrected chi connectivity index (χ1v) is 11.7. The Labute approximate surface area is 163 Å². The van der Waals surface area contributed by atoms with Crippen LogP contribution in [0, 0.1) is 0 Å². The molecular formula is C20H30ClNO3Si. The van der Waals surface area contributed by atoms with E-state index in [1.54, 1.807) is 0 Å². The Balaban J connectivity index is 2.43. The first kappa shape index (κ1) is 20.8. The van der Waals surface area contributed by atoms with Gasteiger partial charge in [0.05, 0.1) is 13.7 Å². The highest BCUT2D eigenvalue weighted by molar-refractivity contribution is 6.78. The number of nitrogens with zero attached hydrogens (tertiary/aromatic N) is 1. The molecule has 6 heteroatoms. The van der Waals surface area contributed by atoms with E-state index in [1.165, 1.54) is 7.11 Å². The normalized spacial score (nSPS) is 15.0. The summed E-state index contributed by atoms with van der Waals surface area (Å²) >= 11 is 5.98. The van der Waals surface area contributed by atoms with E-state index >= 15 is 0 Å². The second-order valence-electron chi connectivity index (χ2n) is 7.75. The van der Waals surface area contributed by atoms with Gasteiger partial charge in [-0.1, -0.05) is 53.1 Å². The number of anilines is 1. The Morgan fingerprint density at radius 2 is 1.54 bits per heavy atom. The fourth-order valence-electron chi connectivity index (χ4n) is 4.17. The van der Waals surface area contributed by atoms with Crippen LogP contribution < -0.4 is 4.90 Å². The molecule has 1 aromatic rings. The lowest BCUT2D eigenvalue weighted by Crippen LogP contribution is -2.52. The molecule has 0 saturated carbocycles. The van der Waals surface area contributed by atoms with Gasteiger partial charge < -0.3 is 14.1 Å². The topological polar surface area (TPSA) is 38.8 Å². The fourth-order valence-corrected chi connectivity index (χ4v) is 9.59. The third-order valence-corrected chi connectivity index (χ3v) is 11.6. The van der Waals surface area contributed by atoms with E-state index in [-0.39, 0.29) is 5.97 Å². The quantitative estimate of drug-likeness (QED) is 0.436. The highest BCUT2D eigenvalue weighted by Crippen LogP contribution is 2.46. The minimum absolute atomic E-state index is 0.361. The Kier molecular flexibility index (Phi) is 6.45. The molecule has 0 fully saturated rings. The molecule has 0 N–H and O–H groups in total. The second kappa shape index (κ2) is 8.05. The molecular weight excluding hydrogens is 366 g/mol. The van der Waals surface area contributed by atoms with Crippen molar-refractivity contribution in [2.24, 2.45) is 0 Å². The van der Waals surface area contributed by atoms with Gasteiger partial charge in [-0.3, -0.25) is 0 Å². The summed E-state index contributed by atoms with van der Waals surface area (Å²) in [4.78, 5) is 14.4. The van der Waals surface area contributed by atoms with E-state index < -0.39 is 8.32 Å². The molecule has 4 nitrogen and oxygen atoms in total. The molecule has 1 heterocycles.